The maximum absolute atomic E-state index is 12.3. The topological polar surface area (TPSA) is 80.3 Å². The van der Waals surface area contributed by atoms with Crippen molar-refractivity contribution in [3.8, 4) is 0 Å². The van der Waals surface area contributed by atoms with E-state index in [0.717, 1.165) is 24.6 Å². The Morgan fingerprint density at radius 1 is 1.33 bits per heavy atom. The lowest BCUT2D eigenvalue weighted by molar-refractivity contribution is 0.0828. The van der Waals surface area contributed by atoms with Crippen LogP contribution in [0.4, 0.5) is 11.4 Å². The molecule has 110 valence electrons. The first-order valence-corrected chi connectivity index (χ1v) is 6.79. The minimum absolute atomic E-state index is 0.0305. The maximum atomic E-state index is 12.3. The Kier molecular flexibility index (Phi) is 3.25. The van der Waals surface area contributed by atoms with E-state index in [9.17, 15) is 4.79 Å². The number of aromatic nitrogens is 3. The summed E-state index contributed by atoms with van der Waals surface area (Å²) in [6, 6.07) is 5.39. The highest BCUT2D eigenvalue weighted by Gasteiger charge is 2.23. The minimum Gasteiger partial charge on any atom is -0.399 e. The van der Waals surface area contributed by atoms with E-state index in [0.29, 0.717) is 17.8 Å². The van der Waals surface area contributed by atoms with Crippen molar-refractivity contribution < 1.29 is 4.79 Å². The highest BCUT2D eigenvalue weighted by atomic mass is 16.2. The Labute approximate surface area is 123 Å². The van der Waals surface area contributed by atoms with Crippen LogP contribution in [0.1, 0.15) is 16.2 Å². The molecule has 21 heavy (non-hydrogen) atoms. The van der Waals surface area contributed by atoms with Gasteiger partial charge >= 0.3 is 0 Å². The monoisotopic (exact) mass is 286 g/mol. The quantitative estimate of drug-likeness (QED) is 0.817. The van der Waals surface area contributed by atoms with Crippen molar-refractivity contribution in [1.29, 1.82) is 0 Å². The second kappa shape index (κ2) is 5.08. The first-order chi connectivity index (χ1) is 10.1. The molecule has 0 spiro atoms. The molecule has 0 atom stereocenters. The summed E-state index contributed by atoms with van der Waals surface area (Å²) < 4.78 is 2.02. The summed E-state index contributed by atoms with van der Waals surface area (Å²) >= 11 is 0. The molecule has 0 aliphatic carbocycles. The zero-order chi connectivity index (χ0) is 15.0. The van der Waals surface area contributed by atoms with Crippen molar-refractivity contribution in [2.24, 2.45) is 0 Å². The van der Waals surface area contributed by atoms with Crippen molar-refractivity contribution in [3.63, 3.8) is 0 Å². The predicted octanol–water partition coefficient (Wildman–Crippen LogP) is 0.582. The average Bonchev–Trinajstić information content (AvgIpc) is 2.93. The number of hydrogen-bond donors (Lipinski definition) is 1. The third-order valence-electron chi connectivity index (χ3n) is 3.64. The molecule has 0 fully saturated rings. The molecule has 0 saturated carbocycles. The van der Waals surface area contributed by atoms with Gasteiger partial charge in [0.05, 0.1) is 17.8 Å². The molecule has 1 aliphatic rings. The molecular weight excluding hydrogens is 268 g/mol. The largest absolute Gasteiger partial charge is 0.399 e. The van der Waals surface area contributed by atoms with Crippen LogP contribution in [0.3, 0.4) is 0 Å². The van der Waals surface area contributed by atoms with E-state index in [-0.39, 0.29) is 5.91 Å². The Hall–Kier alpha value is -2.57. The summed E-state index contributed by atoms with van der Waals surface area (Å²) in [5.41, 5.74) is 8.05. The van der Waals surface area contributed by atoms with Crippen LogP contribution >= 0.6 is 0 Å². The van der Waals surface area contributed by atoms with Crippen LogP contribution in [-0.2, 0) is 13.1 Å². The number of fused-ring (bicyclic) bond motifs is 1. The normalized spacial score (nSPS) is 13.9. The Morgan fingerprint density at radius 3 is 2.90 bits per heavy atom. The van der Waals surface area contributed by atoms with Crippen molar-refractivity contribution in [3.05, 3.63) is 35.9 Å². The number of nitrogens with two attached hydrogens (primary N) is 1. The van der Waals surface area contributed by atoms with Crippen LogP contribution in [0.2, 0.25) is 0 Å². The fourth-order valence-corrected chi connectivity index (χ4v) is 2.50. The summed E-state index contributed by atoms with van der Waals surface area (Å²) in [6.07, 6.45) is 1.73. The second-order valence-corrected chi connectivity index (χ2v) is 5.34. The first kappa shape index (κ1) is 13.4. The molecule has 2 heterocycles. The van der Waals surface area contributed by atoms with E-state index >= 15 is 0 Å². The van der Waals surface area contributed by atoms with Crippen LogP contribution < -0.4 is 10.6 Å². The van der Waals surface area contributed by atoms with Gasteiger partial charge in [-0.2, -0.15) is 0 Å². The fraction of sp³-hybridized carbons (Fsp3) is 0.357. The van der Waals surface area contributed by atoms with Crippen LogP contribution in [0, 0.1) is 0 Å². The fourth-order valence-electron chi connectivity index (χ4n) is 2.50. The summed E-state index contributed by atoms with van der Waals surface area (Å²) in [4.78, 5) is 16.0. The van der Waals surface area contributed by atoms with Crippen LogP contribution in [0.25, 0.3) is 0 Å². The van der Waals surface area contributed by atoms with Gasteiger partial charge in [0.25, 0.3) is 5.91 Å². The van der Waals surface area contributed by atoms with Gasteiger partial charge < -0.3 is 20.1 Å². The number of amides is 1. The molecule has 2 N–H and O–H groups in total. The van der Waals surface area contributed by atoms with Crippen molar-refractivity contribution in [2.75, 3.05) is 31.3 Å². The van der Waals surface area contributed by atoms with Crippen molar-refractivity contribution in [2.45, 2.75) is 13.1 Å². The van der Waals surface area contributed by atoms with E-state index in [4.69, 9.17) is 5.73 Å². The van der Waals surface area contributed by atoms with Crippen molar-refractivity contribution >= 4 is 17.3 Å². The van der Waals surface area contributed by atoms with E-state index in [1.165, 1.54) is 0 Å². The number of hydrogen-bond acceptors (Lipinski definition) is 5. The zero-order valence-electron chi connectivity index (χ0n) is 12.2. The molecule has 1 amide bonds. The van der Waals surface area contributed by atoms with E-state index in [2.05, 4.69) is 15.1 Å². The molecule has 0 bridgehead atoms. The molecule has 1 aromatic heterocycles. The first-order valence-electron chi connectivity index (χ1n) is 6.79. The summed E-state index contributed by atoms with van der Waals surface area (Å²) in [5.74, 6) is 0.865. The third-order valence-corrected chi connectivity index (χ3v) is 3.64. The van der Waals surface area contributed by atoms with E-state index in [1.54, 1.807) is 37.5 Å². The van der Waals surface area contributed by atoms with Gasteiger partial charge in [-0.15, -0.1) is 10.2 Å². The molecule has 0 unspecified atom stereocenters. The number of nitrogens with zero attached hydrogens (tertiary/aromatic N) is 5. The number of carbonyl (C=O) groups is 1. The Balaban J connectivity index is 1.98. The van der Waals surface area contributed by atoms with Gasteiger partial charge in [-0.3, -0.25) is 4.79 Å². The minimum atomic E-state index is -0.0305. The zero-order valence-corrected chi connectivity index (χ0v) is 12.2. The molecule has 0 saturated heterocycles. The average molecular weight is 286 g/mol. The van der Waals surface area contributed by atoms with Crippen LogP contribution in [0.15, 0.2) is 24.5 Å². The van der Waals surface area contributed by atoms with Gasteiger partial charge in [0, 0.05) is 32.9 Å². The highest BCUT2D eigenvalue weighted by Crippen LogP contribution is 2.27. The lowest BCUT2D eigenvalue weighted by Crippen LogP contribution is -2.35. The molecule has 2 aromatic rings. The molecule has 7 nitrogen and oxygen atoms in total. The van der Waals surface area contributed by atoms with Gasteiger partial charge in [-0.05, 0) is 18.2 Å². The summed E-state index contributed by atoms with van der Waals surface area (Å²) in [7, 11) is 3.49. The standard InChI is InChI=1S/C14H18N6O/c1-18(2)14(21)11-4-3-10(15)7-12(11)19-5-6-20-9-16-17-13(20)8-19/h3-4,7,9H,5-6,8,15H2,1-2H3. The number of anilines is 2. The molecule has 1 aliphatic heterocycles. The maximum Gasteiger partial charge on any atom is 0.255 e. The highest BCUT2D eigenvalue weighted by molar-refractivity contribution is 6.00. The van der Waals surface area contributed by atoms with Gasteiger partial charge in [0.15, 0.2) is 5.82 Å². The lowest BCUT2D eigenvalue weighted by atomic mass is 10.1. The summed E-state index contributed by atoms with van der Waals surface area (Å²) in [6.45, 7) is 2.21. The third kappa shape index (κ3) is 2.42. The Morgan fingerprint density at radius 2 is 2.14 bits per heavy atom. The SMILES string of the molecule is CN(C)C(=O)c1ccc(N)cc1N1CCn2cnnc2C1. The molecule has 3 rings (SSSR count). The number of rotatable bonds is 2. The number of benzene rings is 1. The van der Waals surface area contributed by atoms with Gasteiger partial charge in [0.1, 0.15) is 6.33 Å². The Bertz CT molecular complexity index is 678. The van der Waals surface area contributed by atoms with Crippen molar-refractivity contribution in [1.82, 2.24) is 19.7 Å². The van der Waals surface area contributed by atoms with Gasteiger partial charge in [-0.1, -0.05) is 0 Å². The van der Waals surface area contributed by atoms with Gasteiger partial charge in [-0.25, -0.2) is 0 Å². The number of carbonyl (C=O) groups excluding carboxylic acids is 1. The number of nitrogen functional groups attached to an aromatic ring is 1. The van der Waals surface area contributed by atoms with E-state index < -0.39 is 0 Å². The van der Waals surface area contributed by atoms with Crippen LogP contribution in [-0.4, -0.2) is 46.2 Å². The van der Waals surface area contributed by atoms with Gasteiger partial charge in [0.2, 0.25) is 0 Å². The van der Waals surface area contributed by atoms with Crippen LogP contribution in [0.5, 0.6) is 0 Å². The second-order valence-electron chi connectivity index (χ2n) is 5.34. The predicted molar refractivity (Wildman–Crippen MR) is 79.9 cm³/mol. The molecular formula is C14H18N6O. The molecule has 0 radical (unpaired) electrons. The lowest BCUT2D eigenvalue weighted by Gasteiger charge is -2.31. The summed E-state index contributed by atoms with van der Waals surface area (Å²) in [5, 5.41) is 8.03. The smallest absolute Gasteiger partial charge is 0.255 e. The molecule has 7 heteroatoms. The molecule has 1 aromatic carbocycles. The van der Waals surface area contributed by atoms with E-state index in [1.807, 2.05) is 10.6 Å².